The molecule has 0 aliphatic carbocycles. The zero-order chi connectivity index (χ0) is 10.4. The minimum absolute atomic E-state index is 0.0218. The number of hydrogen-bond acceptors (Lipinski definition) is 2. The summed E-state index contributed by atoms with van der Waals surface area (Å²) in [6.45, 7) is 0. The van der Waals surface area contributed by atoms with Crippen molar-refractivity contribution < 1.29 is 13.5 Å². The van der Waals surface area contributed by atoms with Gasteiger partial charge in [0.2, 0.25) is 0 Å². The van der Waals surface area contributed by atoms with Crippen molar-refractivity contribution in [1.29, 1.82) is 0 Å². The van der Waals surface area contributed by atoms with Crippen LogP contribution < -0.4 is 4.74 Å². The van der Waals surface area contributed by atoms with E-state index in [1.807, 2.05) is 0 Å². The molecule has 1 atom stereocenters. The zero-order valence-corrected chi connectivity index (χ0v) is 8.50. The average molecular weight is 210 g/mol. The van der Waals surface area contributed by atoms with Gasteiger partial charge in [0.15, 0.2) is 11.1 Å². The van der Waals surface area contributed by atoms with Crippen LogP contribution in [0.3, 0.4) is 0 Å². The van der Waals surface area contributed by atoms with Crippen molar-refractivity contribution in [2.45, 2.75) is 0 Å². The maximum Gasteiger partial charge on any atom is 0.165 e. The minimum atomic E-state index is -1.84. The topological polar surface area (TPSA) is 46.5 Å². The largest absolute Gasteiger partial charge is 0.497 e. The Morgan fingerprint density at radius 1 is 1.43 bits per heavy atom. The van der Waals surface area contributed by atoms with Gasteiger partial charge in [-0.3, -0.25) is 0 Å². The Kier molecular flexibility index (Phi) is 4.17. The lowest BCUT2D eigenvalue weighted by Crippen LogP contribution is -1.90. The van der Waals surface area contributed by atoms with Gasteiger partial charge in [-0.1, -0.05) is 11.8 Å². The summed E-state index contributed by atoms with van der Waals surface area (Å²) < 4.78 is 23.7. The highest BCUT2D eigenvalue weighted by Crippen LogP contribution is 2.09. The number of benzene rings is 1. The Labute approximate surface area is 85.4 Å². The Balaban J connectivity index is 2.66. The van der Waals surface area contributed by atoms with E-state index >= 15 is 0 Å². The van der Waals surface area contributed by atoms with Gasteiger partial charge in [0, 0.05) is 5.56 Å². The van der Waals surface area contributed by atoms with Crippen molar-refractivity contribution in [2.24, 2.45) is 0 Å². The van der Waals surface area contributed by atoms with Crippen LogP contribution in [0.1, 0.15) is 5.56 Å². The van der Waals surface area contributed by atoms with Crippen molar-refractivity contribution in [1.82, 2.24) is 0 Å². The van der Waals surface area contributed by atoms with E-state index in [0.717, 1.165) is 11.3 Å². The molecule has 0 aliphatic rings. The van der Waals surface area contributed by atoms with Gasteiger partial charge in [0.1, 0.15) is 11.5 Å². The van der Waals surface area contributed by atoms with Crippen molar-refractivity contribution in [3.63, 3.8) is 0 Å². The van der Waals surface area contributed by atoms with Crippen molar-refractivity contribution in [3.05, 3.63) is 29.8 Å². The first kappa shape index (κ1) is 10.8. The standard InChI is InChI=1S/C10H10O3S/c1-13-10-6-4-9(5-7-10)3-2-8-14(11)12/h4-7H,8H2,1H3,(H,11,12). The maximum absolute atomic E-state index is 10.3. The summed E-state index contributed by atoms with van der Waals surface area (Å²) in [5.41, 5.74) is 0.802. The van der Waals surface area contributed by atoms with Crippen LogP contribution in [0.2, 0.25) is 0 Å². The van der Waals surface area contributed by atoms with E-state index in [4.69, 9.17) is 9.29 Å². The lowest BCUT2D eigenvalue weighted by molar-refractivity contribution is 0.415. The fourth-order valence-corrected chi connectivity index (χ4v) is 1.07. The van der Waals surface area contributed by atoms with Crippen LogP contribution in [-0.2, 0) is 11.1 Å². The third-order valence-electron chi connectivity index (χ3n) is 1.52. The summed E-state index contributed by atoms with van der Waals surface area (Å²) in [5.74, 6) is 6.11. The van der Waals surface area contributed by atoms with Crippen molar-refractivity contribution in [3.8, 4) is 17.6 Å². The number of ether oxygens (including phenoxy) is 1. The molecule has 0 heterocycles. The number of methoxy groups -OCH3 is 1. The van der Waals surface area contributed by atoms with Crippen LogP contribution in [0.25, 0.3) is 0 Å². The number of hydrogen-bond donors (Lipinski definition) is 1. The summed E-state index contributed by atoms with van der Waals surface area (Å²) in [6.07, 6.45) is 0. The van der Waals surface area contributed by atoms with Gasteiger partial charge in [-0.05, 0) is 24.3 Å². The van der Waals surface area contributed by atoms with Crippen LogP contribution in [0.15, 0.2) is 24.3 Å². The van der Waals surface area contributed by atoms with Gasteiger partial charge in [0.25, 0.3) is 0 Å². The lowest BCUT2D eigenvalue weighted by Gasteiger charge is -1.97. The lowest BCUT2D eigenvalue weighted by atomic mass is 10.2. The Hall–Kier alpha value is -1.31. The SMILES string of the molecule is COc1ccc(C#CCS(=O)O)cc1. The third-order valence-corrected chi connectivity index (χ3v) is 1.91. The molecular weight excluding hydrogens is 200 g/mol. The second-order valence-corrected chi connectivity index (χ2v) is 3.43. The monoisotopic (exact) mass is 210 g/mol. The smallest absolute Gasteiger partial charge is 0.165 e. The summed E-state index contributed by atoms with van der Waals surface area (Å²) in [6, 6.07) is 7.18. The quantitative estimate of drug-likeness (QED) is 0.590. The number of rotatable bonds is 2. The zero-order valence-electron chi connectivity index (χ0n) is 7.69. The van der Waals surface area contributed by atoms with E-state index in [0.29, 0.717) is 0 Å². The molecule has 4 heteroatoms. The molecule has 1 unspecified atom stereocenters. The van der Waals surface area contributed by atoms with Gasteiger partial charge >= 0.3 is 0 Å². The van der Waals surface area contributed by atoms with E-state index < -0.39 is 11.1 Å². The first-order valence-electron chi connectivity index (χ1n) is 3.93. The van der Waals surface area contributed by atoms with Gasteiger partial charge in [-0.25, -0.2) is 4.21 Å². The molecule has 0 saturated carbocycles. The minimum Gasteiger partial charge on any atom is -0.497 e. The average Bonchev–Trinajstić information content (AvgIpc) is 2.18. The molecule has 1 aromatic rings. The predicted octanol–water partition coefficient (Wildman–Crippen LogP) is 1.27. The van der Waals surface area contributed by atoms with Crippen LogP contribution in [-0.4, -0.2) is 21.6 Å². The summed E-state index contributed by atoms with van der Waals surface area (Å²) >= 11 is -1.84. The molecule has 0 amide bonds. The maximum atomic E-state index is 10.3. The van der Waals surface area contributed by atoms with Crippen molar-refractivity contribution in [2.75, 3.05) is 12.9 Å². The predicted molar refractivity (Wildman–Crippen MR) is 55.5 cm³/mol. The van der Waals surface area contributed by atoms with Gasteiger partial charge in [-0.2, -0.15) is 0 Å². The van der Waals surface area contributed by atoms with Gasteiger partial charge in [0.05, 0.1) is 7.11 Å². The molecule has 0 aliphatic heterocycles. The van der Waals surface area contributed by atoms with E-state index in [1.165, 1.54) is 0 Å². The fraction of sp³-hybridized carbons (Fsp3) is 0.200. The fourth-order valence-electron chi connectivity index (χ4n) is 0.874. The molecule has 3 nitrogen and oxygen atoms in total. The van der Waals surface area contributed by atoms with Crippen LogP contribution in [0.5, 0.6) is 5.75 Å². The van der Waals surface area contributed by atoms with Gasteiger partial charge < -0.3 is 9.29 Å². The molecule has 0 bridgehead atoms. The van der Waals surface area contributed by atoms with E-state index in [-0.39, 0.29) is 5.75 Å². The van der Waals surface area contributed by atoms with E-state index in [9.17, 15) is 4.21 Å². The van der Waals surface area contributed by atoms with E-state index in [1.54, 1.807) is 31.4 Å². The summed E-state index contributed by atoms with van der Waals surface area (Å²) in [4.78, 5) is 0. The highest BCUT2D eigenvalue weighted by molar-refractivity contribution is 7.79. The Morgan fingerprint density at radius 2 is 2.07 bits per heavy atom. The summed E-state index contributed by atoms with van der Waals surface area (Å²) in [5, 5.41) is 0. The first-order chi connectivity index (χ1) is 6.72. The van der Waals surface area contributed by atoms with E-state index in [2.05, 4.69) is 11.8 Å². The molecule has 0 fully saturated rings. The molecule has 74 valence electrons. The molecule has 14 heavy (non-hydrogen) atoms. The molecular formula is C10H10O3S. The molecule has 0 radical (unpaired) electrons. The molecule has 1 aromatic carbocycles. The molecule has 0 aromatic heterocycles. The van der Waals surface area contributed by atoms with Gasteiger partial charge in [-0.15, -0.1) is 0 Å². The highest BCUT2D eigenvalue weighted by atomic mass is 32.2. The Bertz CT molecular complexity index is 373. The highest BCUT2D eigenvalue weighted by Gasteiger charge is 1.90. The second kappa shape index (κ2) is 5.43. The molecule has 0 saturated heterocycles. The molecule has 1 N–H and O–H groups in total. The molecule has 1 rings (SSSR count). The van der Waals surface area contributed by atoms with Crippen LogP contribution >= 0.6 is 0 Å². The second-order valence-electron chi connectivity index (χ2n) is 2.50. The molecule has 0 spiro atoms. The normalized spacial score (nSPS) is 11.3. The third kappa shape index (κ3) is 3.60. The van der Waals surface area contributed by atoms with Crippen molar-refractivity contribution >= 4 is 11.1 Å². The first-order valence-corrected chi connectivity index (χ1v) is 5.20. The van der Waals surface area contributed by atoms with Crippen LogP contribution in [0, 0.1) is 11.8 Å². The summed E-state index contributed by atoms with van der Waals surface area (Å²) in [7, 11) is 1.59. The van der Waals surface area contributed by atoms with Crippen LogP contribution in [0.4, 0.5) is 0 Å². The Morgan fingerprint density at radius 3 is 2.57 bits per heavy atom.